The molecule has 2 N–H and O–H groups in total. The maximum atomic E-state index is 11.8. The Balaban J connectivity index is 1.39. The Labute approximate surface area is 151 Å². The van der Waals surface area contributed by atoms with E-state index in [0.717, 1.165) is 5.69 Å². The van der Waals surface area contributed by atoms with Crippen molar-refractivity contribution in [3.63, 3.8) is 0 Å². The molecule has 2 aromatic heterocycles. The molecule has 3 aromatic rings. The van der Waals surface area contributed by atoms with Gasteiger partial charge < -0.3 is 24.3 Å². The number of ether oxygens (including phenoxy) is 1. The Morgan fingerprint density at radius 3 is 2.65 bits per heavy atom. The summed E-state index contributed by atoms with van der Waals surface area (Å²) in [6.45, 7) is 5.30. The van der Waals surface area contributed by atoms with Crippen molar-refractivity contribution in [3.05, 3.63) is 54.3 Å². The molecule has 136 valence electrons. The number of anilines is 1. The van der Waals surface area contributed by atoms with Crippen LogP contribution in [0.25, 0.3) is 11.5 Å². The molecular weight excluding hydrogens is 334 g/mol. The number of amides is 1. The SMILES string of the molecule is CC(C)c1ccc(NCCNC(=O)Oc2cc(-c3ccco3)on2)cc1. The van der Waals surface area contributed by atoms with Crippen molar-refractivity contribution >= 4 is 11.8 Å². The Hall–Kier alpha value is -3.22. The molecule has 3 rings (SSSR count). The Kier molecular flexibility index (Phi) is 5.58. The summed E-state index contributed by atoms with van der Waals surface area (Å²) < 4.78 is 15.3. The number of nitrogens with one attached hydrogen (secondary N) is 2. The number of hydrogen-bond acceptors (Lipinski definition) is 6. The molecule has 0 aliphatic rings. The van der Waals surface area contributed by atoms with Crippen LogP contribution in [0.1, 0.15) is 25.3 Å². The summed E-state index contributed by atoms with van der Waals surface area (Å²) in [6.07, 6.45) is 0.926. The van der Waals surface area contributed by atoms with E-state index in [1.54, 1.807) is 12.1 Å². The largest absolute Gasteiger partial charge is 0.461 e. The van der Waals surface area contributed by atoms with Gasteiger partial charge >= 0.3 is 6.09 Å². The van der Waals surface area contributed by atoms with E-state index >= 15 is 0 Å². The fraction of sp³-hybridized carbons (Fsp3) is 0.263. The minimum absolute atomic E-state index is 0.0751. The van der Waals surface area contributed by atoms with Crippen LogP contribution in [0.2, 0.25) is 0 Å². The van der Waals surface area contributed by atoms with Gasteiger partial charge in [-0.2, -0.15) is 0 Å². The van der Waals surface area contributed by atoms with E-state index in [4.69, 9.17) is 13.7 Å². The van der Waals surface area contributed by atoms with Gasteiger partial charge in [-0.25, -0.2) is 4.79 Å². The molecule has 7 nitrogen and oxygen atoms in total. The van der Waals surface area contributed by atoms with Gasteiger partial charge in [0.25, 0.3) is 5.88 Å². The van der Waals surface area contributed by atoms with Crippen LogP contribution >= 0.6 is 0 Å². The lowest BCUT2D eigenvalue weighted by Crippen LogP contribution is -2.31. The Morgan fingerprint density at radius 2 is 1.96 bits per heavy atom. The van der Waals surface area contributed by atoms with Crippen molar-refractivity contribution in [2.24, 2.45) is 0 Å². The van der Waals surface area contributed by atoms with Gasteiger partial charge in [0.2, 0.25) is 5.76 Å². The van der Waals surface area contributed by atoms with Gasteiger partial charge in [0.05, 0.1) is 12.3 Å². The van der Waals surface area contributed by atoms with Gasteiger partial charge in [-0.1, -0.05) is 26.0 Å². The van der Waals surface area contributed by atoms with E-state index in [1.807, 2.05) is 12.1 Å². The normalized spacial score (nSPS) is 10.7. The minimum atomic E-state index is -0.596. The molecule has 26 heavy (non-hydrogen) atoms. The number of rotatable bonds is 7. The number of carbonyl (C=O) groups excluding carboxylic acids is 1. The average Bonchev–Trinajstić information content (AvgIpc) is 3.30. The van der Waals surface area contributed by atoms with Gasteiger partial charge in [0.1, 0.15) is 0 Å². The van der Waals surface area contributed by atoms with E-state index in [-0.39, 0.29) is 5.88 Å². The van der Waals surface area contributed by atoms with Gasteiger partial charge in [0, 0.05) is 18.8 Å². The molecule has 0 aliphatic heterocycles. The highest BCUT2D eigenvalue weighted by Crippen LogP contribution is 2.23. The summed E-state index contributed by atoms with van der Waals surface area (Å²) >= 11 is 0. The topological polar surface area (TPSA) is 89.5 Å². The lowest BCUT2D eigenvalue weighted by atomic mass is 10.0. The van der Waals surface area contributed by atoms with Crippen molar-refractivity contribution in [1.82, 2.24) is 10.5 Å². The molecule has 0 saturated heterocycles. The summed E-state index contributed by atoms with van der Waals surface area (Å²) in [4.78, 5) is 11.8. The minimum Gasteiger partial charge on any atom is -0.461 e. The van der Waals surface area contributed by atoms with Crippen LogP contribution in [-0.2, 0) is 0 Å². The molecule has 0 spiro atoms. The first-order valence-corrected chi connectivity index (χ1v) is 8.42. The van der Waals surface area contributed by atoms with Crippen LogP contribution in [0.5, 0.6) is 5.88 Å². The van der Waals surface area contributed by atoms with E-state index in [1.165, 1.54) is 17.9 Å². The average molecular weight is 355 g/mol. The summed E-state index contributed by atoms with van der Waals surface area (Å²) in [7, 11) is 0. The first-order valence-electron chi connectivity index (χ1n) is 8.42. The predicted octanol–water partition coefficient (Wildman–Crippen LogP) is 4.26. The van der Waals surface area contributed by atoms with Crippen LogP contribution in [0.4, 0.5) is 10.5 Å². The second kappa shape index (κ2) is 8.24. The van der Waals surface area contributed by atoms with Crippen LogP contribution < -0.4 is 15.4 Å². The highest BCUT2D eigenvalue weighted by molar-refractivity contribution is 5.70. The van der Waals surface area contributed by atoms with Gasteiger partial charge in [0.15, 0.2) is 5.76 Å². The van der Waals surface area contributed by atoms with E-state index in [0.29, 0.717) is 30.5 Å². The Morgan fingerprint density at radius 1 is 1.15 bits per heavy atom. The molecule has 0 fully saturated rings. The van der Waals surface area contributed by atoms with E-state index < -0.39 is 6.09 Å². The van der Waals surface area contributed by atoms with Crippen molar-refractivity contribution < 1.29 is 18.5 Å². The molecule has 0 atom stereocenters. The van der Waals surface area contributed by atoms with Crippen molar-refractivity contribution in [2.75, 3.05) is 18.4 Å². The van der Waals surface area contributed by atoms with Crippen LogP contribution in [0.15, 0.2) is 57.7 Å². The highest BCUT2D eigenvalue weighted by atomic mass is 16.6. The second-order valence-corrected chi connectivity index (χ2v) is 6.03. The number of furan rings is 1. The molecule has 7 heteroatoms. The molecular formula is C19H21N3O4. The highest BCUT2D eigenvalue weighted by Gasteiger charge is 2.12. The Bertz CT molecular complexity index is 823. The zero-order valence-corrected chi connectivity index (χ0v) is 14.7. The molecule has 2 heterocycles. The van der Waals surface area contributed by atoms with Crippen molar-refractivity contribution in [3.8, 4) is 17.4 Å². The van der Waals surface area contributed by atoms with Crippen LogP contribution in [0.3, 0.4) is 0 Å². The molecule has 0 aliphatic carbocycles. The molecule has 0 bridgehead atoms. The van der Waals surface area contributed by atoms with Crippen LogP contribution in [-0.4, -0.2) is 24.3 Å². The van der Waals surface area contributed by atoms with Crippen molar-refractivity contribution in [2.45, 2.75) is 19.8 Å². The quantitative estimate of drug-likeness (QED) is 0.616. The lowest BCUT2D eigenvalue weighted by molar-refractivity contribution is 0.196. The number of benzene rings is 1. The smallest absolute Gasteiger partial charge is 0.414 e. The third kappa shape index (κ3) is 4.66. The number of aromatic nitrogens is 1. The van der Waals surface area contributed by atoms with E-state index in [9.17, 15) is 4.79 Å². The van der Waals surface area contributed by atoms with Gasteiger partial charge in [-0.15, -0.1) is 0 Å². The molecule has 0 radical (unpaired) electrons. The number of carbonyl (C=O) groups is 1. The first-order chi connectivity index (χ1) is 12.6. The number of nitrogens with zero attached hydrogens (tertiary/aromatic N) is 1. The third-order valence-electron chi connectivity index (χ3n) is 3.75. The monoisotopic (exact) mass is 355 g/mol. The number of hydrogen-bond donors (Lipinski definition) is 2. The summed E-state index contributed by atoms with van der Waals surface area (Å²) in [5.74, 6) is 1.49. The maximum Gasteiger partial charge on any atom is 0.414 e. The molecule has 0 saturated carbocycles. The zero-order valence-electron chi connectivity index (χ0n) is 14.7. The third-order valence-corrected chi connectivity index (χ3v) is 3.75. The fourth-order valence-electron chi connectivity index (χ4n) is 2.33. The zero-order chi connectivity index (χ0) is 18.4. The van der Waals surface area contributed by atoms with Crippen molar-refractivity contribution in [1.29, 1.82) is 0 Å². The summed E-state index contributed by atoms with van der Waals surface area (Å²) in [5, 5.41) is 9.56. The van der Waals surface area contributed by atoms with Crippen LogP contribution in [0, 0.1) is 0 Å². The van der Waals surface area contributed by atoms with Gasteiger partial charge in [-0.05, 0) is 40.9 Å². The predicted molar refractivity (Wildman–Crippen MR) is 97.3 cm³/mol. The fourth-order valence-corrected chi connectivity index (χ4v) is 2.33. The maximum absolute atomic E-state index is 11.8. The second-order valence-electron chi connectivity index (χ2n) is 6.03. The molecule has 1 aromatic carbocycles. The van der Waals surface area contributed by atoms with Gasteiger partial charge in [-0.3, -0.25) is 0 Å². The standard InChI is InChI=1S/C19H21N3O4/c1-13(2)14-5-7-15(8-6-14)20-9-10-21-19(23)25-18-12-17(26-22-18)16-4-3-11-24-16/h3-8,11-13,20H,9-10H2,1-2H3,(H,21,23). The van der Waals surface area contributed by atoms with E-state index in [2.05, 4.69) is 41.8 Å². The molecule has 1 amide bonds. The summed E-state index contributed by atoms with van der Waals surface area (Å²) in [5.41, 5.74) is 2.29. The first kappa shape index (κ1) is 17.6. The lowest BCUT2D eigenvalue weighted by Gasteiger charge is -2.09. The summed E-state index contributed by atoms with van der Waals surface area (Å²) in [6, 6.07) is 13.2. The molecule has 0 unspecified atom stereocenters.